The van der Waals surface area contributed by atoms with Crippen molar-refractivity contribution in [2.24, 2.45) is 11.1 Å². The number of nitrogens with one attached hydrogen (secondary N) is 2. The van der Waals surface area contributed by atoms with Gasteiger partial charge in [-0.05, 0) is 105 Å². The molecule has 0 saturated carbocycles. The maximum Gasteiger partial charge on any atom is 0.276 e. The number of aliphatic hydroxyl groups is 1. The maximum absolute atomic E-state index is 14.1. The van der Waals surface area contributed by atoms with E-state index in [0.717, 1.165) is 54.9 Å². The predicted molar refractivity (Wildman–Crippen MR) is 284 cm³/mol. The van der Waals surface area contributed by atoms with Crippen molar-refractivity contribution in [3.05, 3.63) is 106 Å². The van der Waals surface area contributed by atoms with Crippen molar-refractivity contribution in [3.8, 4) is 17.1 Å². The van der Waals surface area contributed by atoms with E-state index in [2.05, 4.69) is 67.6 Å². The molecule has 1 aliphatic carbocycles. The first-order chi connectivity index (χ1) is 36.5. The number of primary amides is 1. The van der Waals surface area contributed by atoms with Crippen LogP contribution in [0.25, 0.3) is 17.3 Å². The van der Waals surface area contributed by atoms with Gasteiger partial charge in [0.2, 0.25) is 17.7 Å². The molecule has 0 bridgehead atoms. The topological polar surface area (TPSA) is 242 Å². The number of benzene rings is 2. The molecule has 2 unspecified atom stereocenters. The van der Waals surface area contributed by atoms with Gasteiger partial charge in [-0.25, -0.2) is 15.0 Å². The van der Waals surface area contributed by atoms with E-state index in [1.54, 1.807) is 41.6 Å². The van der Waals surface area contributed by atoms with Crippen molar-refractivity contribution in [2.45, 2.75) is 104 Å². The maximum atomic E-state index is 14.1. The number of pyridine rings is 1. The molecule has 5 aromatic rings. The van der Waals surface area contributed by atoms with Gasteiger partial charge < -0.3 is 35.3 Å². The van der Waals surface area contributed by atoms with Gasteiger partial charge in [-0.15, -0.1) is 0 Å². The van der Waals surface area contributed by atoms with Crippen molar-refractivity contribution in [2.75, 3.05) is 59.9 Å². The van der Waals surface area contributed by atoms with Crippen LogP contribution < -0.4 is 35.8 Å². The molecule has 6 aliphatic rings. The lowest BCUT2D eigenvalue weighted by Gasteiger charge is -2.48. The number of amides is 6. The highest BCUT2D eigenvalue weighted by molar-refractivity contribution is 6.25. The number of carbonyl (C=O) groups is 6. The minimum atomic E-state index is -1.03. The Kier molecular flexibility index (Phi) is 13.0. The van der Waals surface area contributed by atoms with E-state index in [4.69, 9.17) is 15.5 Å². The Hall–Kier alpha value is -7.97. The van der Waals surface area contributed by atoms with Gasteiger partial charge in [-0.1, -0.05) is 19.9 Å². The molecule has 20 heteroatoms. The molecule has 5 aliphatic heterocycles. The summed E-state index contributed by atoms with van der Waals surface area (Å²) in [4.78, 5) is 102. The SMILES string of the molecule is COc1ncc(-c2ccnc(N3CCn4c(cc5c4CC(C)(C)C5)C3=O)c2CO)nc1Nc1ccc(N2CCN(C3CCN(c4cccc5c4C(=O)N(C4CCC(=O)NC4=O)C5=O)[C@H](C)C3)C[C@@H]2C)c(C=CC(N)=O)c1. The van der Waals surface area contributed by atoms with Crippen molar-refractivity contribution < 1.29 is 38.6 Å². The summed E-state index contributed by atoms with van der Waals surface area (Å²) in [7, 11) is 1.50. The molecule has 394 valence electrons. The van der Waals surface area contributed by atoms with Crippen molar-refractivity contribution >= 4 is 70.2 Å². The molecule has 5 N–H and O–H groups in total. The number of nitrogens with two attached hydrogens (primary N) is 1. The normalized spacial score (nSPS) is 22.5. The van der Waals surface area contributed by atoms with Crippen molar-refractivity contribution in [1.29, 1.82) is 0 Å². The summed E-state index contributed by atoms with van der Waals surface area (Å²) >= 11 is 0. The number of anilines is 5. The second kappa shape index (κ2) is 19.6. The Labute approximate surface area is 439 Å². The van der Waals surface area contributed by atoms with Crippen molar-refractivity contribution in [3.63, 3.8) is 0 Å². The van der Waals surface area contributed by atoms with E-state index in [-0.39, 0.29) is 53.7 Å². The van der Waals surface area contributed by atoms with E-state index in [9.17, 15) is 33.9 Å². The predicted octanol–water partition coefficient (Wildman–Crippen LogP) is 4.84. The fourth-order valence-corrected chi connectivity index (χ4v) is 12.5. The Morgan fingerprint density at radius 3 is 2.47 bits per heavy atom. The summed E-state index contributed by atoms with van der Waals surface area (Å²) in [6, 6.07) is 14.2. The molecule has 0 spiro atoms. The number of rotatable bonds is 12. The van der Waals surface area contributed by atoms with Gasteiger partial charge in [0, 0.05) is 110 Å². The van der Waals surface area contributed by atoms with Crippen LogP contribution in [0.15, 0.2) is 67.0 Å². The summed E-state index contributed by atoms with van der Waals surface area (Å²) in [5.41, 5.74) is 13.9. The first kappa shape index (κ1) is 50.2. The number of methoxy groups -OCH3 is 1. The third kappa shape index (κ3) is 8.91. The Bertz CT molecular complexity index is 3280. The number of imide groups is 2. The third-order valence-electron chi connectivity index (χ3n) is 16.1. The van der Waals surface area contributed by atoms with Gasteiger partial charge in [0.05, 0.1) is 42.4 Å². The van der Waals surface area contributed by atoms with Crippen LogP contribution >= 0.6 is 0 Å². The minimum Gasteiger partial charge on any atom is -0.478 e. The minimum absolute atomic E-state index is 0.0351. The van der Waals surface area contributed by atoms with Gasteiger partial charge >= 0.3 is 0 Å². The number of nitrogens with zero attached hydrogens (tertiary/aromatic N) is 9. The van der Waals surface area contributed by atoms with E-state index in [1.165, 1.54) is 24.4 Å². The molecule has 11 rings (SSSR count). The van der Waals surface area contributed by atoms with Gasteiger partial charge in [-0.2, -0.15) is 0 Å². The number of fused-ring (bicyclic) bond motifs is 4. The quantitative estimate of drug-likeness (QED) is 0.0966. The molecule has 3 saturated heterocycles. The van der Waals surface area contributed by atoms with Crippen LogP contribution in [-0.2, 0) is 40.4 Å². The van der Waals surface area contributed by atoms with Crippen LogP contribution in [0.3, 0.4) is 0 Å². The van der Waals surface area contributed by atoms with Crippen LogP contribution in [0.4, 0.5) is 28.7 Å². The summed E-state index contributed by atoms with van der Waals surface area (Å²) in [5.74, 6) is -1.93. The number of ether oxygens (including phenoxy) is 1. The molecule has 0 radical (unpaired) electrons. The number of aliphatic hydroxyl groups excluding tert-OH is 1. The van der Waals surface area contributed by atoms with Crippen LogP contribution in [-0.4, -0.2) is 134 Å². The zero-order valence-corrected chi connectivity index (χ0v) is 43.3. The number of carbonyl (C=O) groups excluding carboxylic acids is 6. The molecule has 76 heavy (non-hydrogen) atoms. The summed E-state index contributed by atoms with van der Waals surface area (Å²) in [6.07, 6.45) is 9.87. The standard InChI is InChI=1S/C56H62N12O8/c1-31-23-36(16-18-64(31)42-8-6-7-38-48(42)55(75)68(53(38)73)43-12-14-47(71)62-51(43)72)63-19-20-65(32(2)29-63)41-11-10-35(24-33(41)9-13-46(57)70)60-49-52(76-5)59-28-40(61-49)37-15-17-58-50(39(37)30-69)67-22-21-66-44(54(67)74)25-34-26-56(3,4)27-45(34)66/h6-11,13,15,17,24-25,28,31-32,36,43,69H,12,14,16,18-23,26-27,29-30H2,1-5H3,(H2,57,70)(H,60,61)(H,62,71,72)/t31-,32+,36?,43?/m1/s1. The highest BCUT2D eigenvalue weighted by atomic mass is 16.5. The number of hydrogen-bond acceptors (Lipinski definition) is 15. The summed E-state index contributed by atoms with van der Waals surface area (Å²) in [5, 5.41) is 16.5. The zero-order chi connectivity index (χ0) is 53.3. The highest BCUT2D eigenvalue weighted by Gasteiger charge is 2.47. The number of hydrogen-bond donors (Lipinski definition) is 4. The molecule has 4 atom stereocenters. The Balaban J connectivity index is 0.784. The molecule has 3 aromatic heterocycles. The fourth-order valence-electron chi connectivity index (χ4n) is 12.5. The van der Waals surface area contributed by atoms with E-state index < -0.39 is 42.2 Å². The second-order valence-electron chi connectivity index (χ2n) is 21.6. The summed E-state index contributed by atoms with van der Waals surface area (Å²) < 4.78 is 7.82. The van der Waals surface area contributed by atoms with Crippen LogP contribution in [0.2, 0.25) is 0 Å². The molecule has 3 fully saturated rings. The molecule has 2 aromatic carbocycles. The van der Waals surface area contributed by atoms with Crippen molar-refractivity contribution in [1.82, 2.24) is 34.6 Å². The second-order valence-corrected chi connectivity index (χ2v) is 21.6. The van der Waals surface area contributed by atoms with Crippen LogP contribution in [0.1, 0.15) is 107 Å². The van der Waals surface area contributed by atoms with Crippen LogP contribution in [0.5, 0.6) is 5.88 Å². The summed E-state index contributed by atoms with van der Waals surface area (Å²) in [6.45, 7) is 12.4. The average molecular weight is 1030 g/mol. The fraction of sp³-hybridized carbons (Fsp3) is 0.411. The lowest BCUT2D eigenvalue weighted by atomic mass is 9.90. The van der Waals surface area contributed by atoms with E-state index in [0.29, 0.717) is 77.3 Å². The Morgan fingerprint density at radius 1 is 0.908 bits per heavy atom. The molecular weight excluding hydrogens is 969 g/mol. The van der Waals surface area contributed by atoms with Crippen LogP contribution in [0, 0.1) is 5.41 Å². The smallest absolute Gasteiger partial charge is 0.276 e. The van der Waals surface area contributed by atoms with Gasteiger partial charge in [0.1, 0.15) is 17.6 Å². The van der Waals surface area contributed by atoms with E-state index in [1.807, 2.05) is 30.3 Å². The molecule has 8 heterocycles. The average Bonchev–Trinajstić information content (AvgIpc) is 3.99. The largest absolute Gasteiger partial charge is 0.478 e. The van der Waals surface area contributed by atoms with Gasteiger partial charge in [0.25, 0.3) is 23.6 Å². The first-order valence-corrected chi connectivity index (χ1v) is 26.1. The molecule has 20 nitrogen and oxygen atoms in total. The van der Waals surface area contributed by atoms with E-state index >= 15 is 0 Å². The first-order valence-electron chi connectivity index (χ1n) is 26.1. The highest BCUT2D eigenvalue weighted by Crippen LogP contribution is 2.42. The lowest BCUT2D eigenvalue weighted by Crippen LogP contribution is -2.58. The molecule has 6 amide bonds. The van der Waals surface area contributed by atoms with Gasteiger partial charge in [0.15, 0.2) is 5.82 Å². The molecular formula is C56H62N12O8. The van der Waals surface area contributed by atoms with Gasteiger partial charge in [-0.3, -0.25) is 48.8 Å². The Morgan fingerprint density at radius 2 is 1.72 bits per heavy atom. The number of piperidine rings is 2. The third-order valence-corrected chi connectivity index (χ3v) is 16.1. The lowest BCUT2D eigenvalue weighted by molar-refractivity contribution is -0.136. The number of piperazine rings is 1. The monoisotopic (exact) mass is 1030 g/mol. The number of aromatic nitrogens is 4. The zero-order valence-electron chi connectivity index (χ0n) is 43.3.